The lowest BCUT2D eigenvalue weighted by Gasteiger charge is -2.29. The summed E-state index contributed by atoms with van der Waals surface area (Å²) in [6.07, 6.45) is -6.83. The van der Waals surface area contributed by atoms with E-state index >= 15 is 0 Å². The van der Waals surface area contributed by atoms with Crippen molar-refractivity contribution in [2.45, 2.75) is 52.2 Å². The Kier molecular flexibility index (Phi) is 17.3. The van der Waals surface area contributed by atoms with Crippen LogP contribution in [-0.4, -0.2) is 48.8 Å². The molecule has 0 aromatic heterocycles. The summed E-state index contributed by atoms with van der Waals surface area (Å²) in [7, 11) is -13.5. The van der Waals surface area contributed by atoms with Gasteiger partial charge in [-0.3, -0.25) is 0 Å². The van der Waals surface area contributed by atoms with Crippen molar-refractivity contribution in [1.82, 2.24) is 0 Å². The number of benzene rings is 10. The van der Waals surface area contributed by atoms with Crippen molar-refractivity contribution in [2.24, 2.45) is 0 Å². The molecule has 10 aromatic rings. The van der Waals surface area contributed by atoms with Crippen LogP contribution < -0.4 is 0 Å². The van der Waals surface area contributed by atoms with Gasteiger partial charge in [-0.25, -0.2) is 16.8 Å². The zero-order chi connectivity index (χ0) is 55.1. The summed E-state index contributed by atoms with van der Waals surface area (Å²) in [5.74, 6) is -6.92. The van der Waals surface area contributed by atoms with Crippen molar-refractivity contribution in [1.29, 1.82) is 0 Å². The second-order valence-corrected chi connectivity index (χ2v) is 22.8. The van der Waals surface area contributed by atoms with Crippen LogP contribution in [0.4, 0.5) is 43.9 Å². The molecule has 392 valence electrons. The van der Waals surface area contributed by atoms with E-state index in [0.29, 0.717) is 0 Å². The number of hydrogen-bond donors (Lipinski definition) is 0. The Labute approximate surface area is 435 Å². The minimum atomic E-state index is -7.10. The minimum absolute atomic E-state index is 0.164. The van der Waals surface area contributed by atoms with Gasteiger partial charge < -0.3 is 9.11 Å². The van der Waals surface area contributed by atoms with Crippen molar-refractivity contribution < 1.29 is 69.8 Å². The molecule has 0 bridgehead atoms. The lowest BCUT2D eigenvalue weighted by molar-refractivity contribution is -0.333. The first-order valence-electron chi connectivity index (χ1n) is 22.1. The molecule has 0 spiro atoms. The minimum Gasteiger partial charge on any atom is -0.743 e. The summed E-state index contributed by atoms with van der Waals surface area (Å²) < 4.78 is 168. The molecule has 6 nitrogen and oxygen atoms in total. The highest BCUT2D eigenvalue weighted by Crippen LogP contribution is 2.49. The van der Waals surface area contributed by atoms with Crippen molar-refractivity contribution >= 4 is 85.1 Å². The molecular formula is C56H38F10O6S4. The molecule has 10 aromatic carbocycles. The molecule has 0 heterocycles. The SMILES string of the molecule is O=S(=O)([O-])C(F)(F)C(F)(F)C(F)(F)F.O=S(=O)([O-])C(F)(F)F.c1ccc([S+](c2cccc3ccccc23)c2cccc3ccccc23)cc1.c1ccc([S+](c2cccc3ccccc23)c2cccc3ccccc23)cc1. The Morgan fingerprint density at radius 1 is 0.303 bits per heavy atom. The molecule has 76 heavy (non-hydrogen) atoms. The topological polar surface area (TPSA) is 114 Å². The third kappa shape index (κ3) is 12.5. The van der Waals surface area contributed by atoms with Gasteiger partial charge in [0.15, 0.2) is 49.6 Å². The second-order valence-electron chi connectivity index (χ2n) is 16.1. The van der Waals surface area contributed by atoms with Gasteiger partial charge in [-0.1, -0.05) is 158 Å². The van der Waals surface area contributed by atoms with Crippen molar-refractivity contribution in [3.05, 3.63) is 231 Å². The zero-order valence-corrected chi connectivity index (χ0v) is 42.1. The standard InChI is InChI=1S/2C26H19S.C3HF7O3S.CHF3O3S/c2*1-2-14-22(15-3-1)27(25-18-8-12-20-10-4-6-16-23(20)25)26-19-9-13-21-11-5-7-17-24(21)26;4-1(5,2(6,7)8)3(9,10)14(11,12)13;2-1(3,4)8(5,6)7/h2*1-19H;(H,11,12,13);(H,5,6,7)/q2*+1;;/p-2. The molecule has 10 rings (SSSR count). The number of hydrogen-bond acceptors (Lipinski definition) is 6. The van der Waals surface area contributed by atoms with Crippen LogP contribution in [0.1, 0.15) is 0 Å². The van der Waals surface area contributed by atoms with Gasteiger partial charge in [-0.15, -0.1) is 0 Å². The second kappa shape index (κ2) is 23.1. The predicted molar refractivity (Wildman–Crippen MR) is 274 cm³/mol. The molecule has 0 saturated heterocycles. The summed E-state index contributed by atoms with van der Waals surface area (Å²) in [6.45, 7) is 0. The lowest BCUT2D eigenvalue weighted by atomic mass is 10.1. The predicted octanol–water partition coefficient (Wildman–Crippen LogP) is 15.6. The largest absolute Gasteiger partial charge is 0.743 e. The molecule has 0 aliphatic carbocycles. The average Bonchev–Trinajstić information content (AvgIpc) is 3.39. The molecule has 0 amide bonds. The number of fused-ring (bicyclic) bond motifs is 4. The van der Waals surface area contributed by atoms with Gasteiger partial charge in [0.05, 0.1) is 0 Å². The van der Waals surface area contributed by atoms with E-state index in [9.17, 15) is 56.9 Å². The molecule has 0 aliphatic rings. The van der Waals surface area contributed by atoms with E-state index in [1.165, 1.54) is 72.5 Å². The number of halogens is 10. The zero-order valence-electron chi connectivity index (χ0n) is 38.8. The maximum absolute atomic E-state index is 11.8. The third-order valence-electron chi connectivity index (χ3n) is 11.2. The highest BCUT2D eigenvalue weighted by Gasteiger charge is 2.76. The monoisotopic (exact) mass is 1120 g/mol. The van der Waals surface area contributed by atoms with Gasteiger partial charge in [0, 0.05) is 21.5 Å². The molecule has 0 unspecified atom stereocenters. The van der Waals surface area contributed by atoms with E-state index in [1.807, 2.05) is 0 Å². The van der Waals surface area contributed by atoms with Crippen molar-refractivity contribution in [2.75, 3.05) is 0 Å². The lowest BCUT2D eigenvalue weighted by Crippen LogP contribution is -2.55. The maximum Gasteiger partial charge on any atom is 0.485 e. The Bertz CT molecular complexity index is 3470. The van der Waals surface area contributed by atoms with Crippen LogP contribution in [0.2, 0.25) is 0 Å². The third-order valence-corrected chi connectivity index (χ3v) is 17.3. The van der Waals surface area contributed by atoms with Crippen LogP contribution in [-0.2, 0) is 42.0 Å². The van der Waals surface area contributed by atoms with Crippen molar-refractivity contribution in [3.8, 4) is 0 Å². The molecule has 0 atom stereocenters. The van der Waals surface area contributed by atoms with Crippen molar-refractivity contribution in [3.63, 3.8) is 0 Å². The molecule has 20 heteroatoms. The Balaban J connectivity index is 0.000000162. The first-order valence-corrected chi connectivity index (χ1v) is 27.4. The quantitative estimate of drug-likeness (QED) is 0.0648. The summed E-state index contributed by atoms with van der Waals surface area (Å²) in [4.78, 5) is 8.24. The van der Waals surface area contributed by atoms with Crippen LogP contribution in [0.5, 0.6) is 0 Å². The van der Waals surface area contributed by atoms with E-state index in [4.69, 9.17) is 13.0 Å². The van der Waals surface area contributed by atoms with Crippen LogP contribution in [0.25, 0.3) is 43.1 Å². The Hall–Kier alpha value is -6.94. The van der Waals surface area contributed by atoms with E-state index < -0.39 is 43.1 Å². The van der Waals surface area contributed by atoms with E-state index in [0.717, 1.165) is 0 Å². The smallest absolute Gasteiger partial charge is 0.485 e. The van der Waals surface area contributed by atoms with Gasteiger partial charge in [-0.05, 0) is 94.3 Å². The average molecular weight is 1130 g/mol. The maximum atomic E-state index is 11.8. The Morgan fingerprint density at radius 2 is 0.526 bits per heavy atom. The fourth-order valence-corrected chi connectivity index (χ4v) is 12.9. The highest BCUT2D eigenvalue weighted by molar-refractivity contribution is 7.97. The fourth-order valence-electron chi connectivity index (χ4n) is 7.67. The number of alkyl halides is 10. The van der Waals surface area contributed by atoms with E-state index in [1.54, 1.807) is 0 Å². The molecule has 0 saturated carbocycles. The summed E-state index contributed by atoms with van der Waals surface area (Å²) in [6, 6.07) is 83.3. The fraction of sp³-hybridized carbons (Fsp3) is 0.0714. The Morgan fingerprint density at radius 3 is 0.737 bits per heavy atom. The summed E-state index contributed by atoms with van der Waals surface area (Å²) in [5.41, 5.74) is -5.65. The number of rotatable bonds is 8. The van der Waals surface area contributed by atoms with Crippen LogP contribution >= 0.6 is 0 Å². The van der Waals surface area contributed by atoms with Gasteiger partial charge in [0.25, 0.3) is 0 Å². The van der Waals surface area contributed by atoms with E-state index in [-0.39, 0.29) is 21.8 Å². The summed E-state index contributed by atoms with van der Waals surface area (Å²) in [5, 5.41) is 3.79. The van der Waals surface area contributed by atoms with Crippen LogP contribution in [0.15, 0.2) is 260 Å². The van der Waals surface area contributed by atoms with Gasteiger partial charge in [0.2, 0.25) is 0 Å². The normalized spacial score (nSPS) is 12.4. The first kappa shape index (κ1) is 56.8. The molecule has 0 aliphatic heterocycles. The highest BCUT2D eigenvalue weighted by atomic mass is 32.2. The van der Waals surface area contributed by atoms with Gasteiger partial charge in [0.1, 0.15) is 21.8 Å². The molecular weight excluding hydrogens is 1090 g/mol. The molecule has 0 radical (unpaired) electrons. The molecule has 0 N–H and O–H groups in total. The van der Waals surface area contributed by atoms with Crippen LogP contribution in [0, 0.1) is 0 Å². The van der Waals surface area contributed by atoms with E-state index in [2.05, 4.69) is 231 Å². The van der Waals surface area contributed by atoms with Gasteiger partial charge >= 0.3 is 22.9 Å². The molecule has 0 fully saturated rings. The summed E-state index contributed by atoms with van der Waals surface area (Å²) >= 11 is 0. The first-order chi connectivity index (χ1) is 35.8. The van der Waals surface area contributed by atoms with Crippen LogP contribution in [0.3, 0.4) is 0 Å². The van der Waals surface area contributed by atoms with Gasteiger partial charge in [-0.2, -0.15) is 43.9 Å².